The lowest BCUT2D eigenvalue weighted by molar-refractivity contribution is -0.117. The molecule has 2 atom stereocenters. The second-order valence-corrected chi connectivity index (χ2v) is 5.32. The molecule has 2 saturated carbocycles. The Labute approximate surface area is 107 Å². The quantitative estimate of drug-likeness (QED) is 0.864. The highest BCUT2D eigenvalue weighted by atomic mass is 16.2. The second kappa shape index (κ2) is 4.45. The normalized spacial score (nSPS) is 28.9. The highest BCUT2D eigenvalue weighted by Crippen LogP contribution is 2.55. The molecule has 0 aromatic heterocycles. The molecule has 0 heterocycles. The molecular weight excluding hydrogens is 224 g/mol. The van der Waals surface area contributed by atoms with Crippen LogP contribution in [0.1, 0.15) is 31.2 Å². The first-order chi connectivity index (χ1) is 8.79. The Bertz CT molecular complexity index is 488. The molecule has 3 nitrogen and oxygen atoms in total. The zero-order valence-corrected chi connectivity index (χ0v) is 10.2. The Hall–Kier alpha value is -1.82. The van der Waals surface area contributed by atoms with Gasteiger partial charge in [-0.1, -0.05) is 12.8 Å². The predicted molar refractivity (Wildman–Crippen MR) is 68.7 cm³/mol. The summed E-state index contributed by atoms with van der Waals surface area (Å²) >= 11 is 0. The molecule has 2 aliphatic rings. The molecule has 18 heavy (non-hydrogen) atoms. The molecule has 0 saturated heterocycles. The van der Waals surface area contributed by atoms with E-state index in [1.54, 1.807) is 24.3 Å². The average Bonchev–Trinajstić information content (AvgIpc) is 3.14. The van der Waals surface area contributed by atoms with Crippen molar-refractivity contribution < 1.29 is 4.79 Å². The van der Waals surface area contributed by atoms with Gasteiger partial charge in [0.05, 0.1) is 11.6 Å². The smallest absolute Gasteiger partial charge is 0.228 e. The molecule has 1 N–H and O–H groups in total. The molecule has 1 aromatic rings. The highest BCUT2D eigenvalue weighted by Gasteiger charge is 2.54. The summed E-state index contributed by atoms with van der Waals surface area (Å²) < 4.78 is 0. The van der Waals surface area contributed by atoms with E-state index in [0.29, 0.717) is 17.4 Å². The van der Waals surface area contributed by atoms with Gasteiger partial charge >= 0.3 is 0 Å². The number of hydrogen-bond donors (Lipinski definition) is 1. The van der Waals surface area contributed by atoms with Crippen molar-refractivity contribution >= 4 is 11.6 Å². The lowest BCUT2D eigenvalue weighted by atomic mass is 10.0. The van der Waals surface area contributed by atoms with Crippen LogP contribution in [-0.2, 0) is 4.79 Å². The minimum atomic E-state index is 0.164. The van der Waals surface area contributed by atoms with Crippen LogP contribution in [0.2, 0.25) is 0 Å². The maximum atomic E-state index is 12.1. The molecule has 1 aromatic carbocycles. The summed E-state index contributed by atoms with van der Waals surface area (Å²) in [6.07, 6.45) is 5.00. The van der Waals surface area contributed by atoms with Crippen molar-refractivity contribution in [2.24, 2.45) is 17.8 Å². The first-order valence-corrected chi connectivity index (χ1v) is 6.60. The van der Waals surface area contributed by atoms with Crippen LogP contribution in [0.3, 0.4) is 0 Å². The minimum absolute atomic E-state index is 0.164. The highest BCUT2D eigenvalue weighted by molar-refractivity contribution is 5.94. The number of nitrogens with one attached hydrogen (secondary N) is 1. The minimum Gasteiger partial charge on any atom is -0.326 e. The number of benzene rings is 1. The van der Waals surface area contributed by atoms with Gasteiger partial charge in [0, 0.05) is 11.6 Å². The van der Waals surface area contributed by atoms with E-state index in [0.717, 1.165) is 5.69 Å². The van der Waals surface area contributed by atoms with Crippen molar-refractivity contribution in [3.8, 4) is 6.07 Å². The van der Waals surface area contributed by atoms with Crippen LogP contribution in [0.4, 0.5) is 5.69 Å². The molecule has 2 unspecified atom stereocenters. The number of hydrogen-bond acceptors (Lipinski definition) is 2. The fourth-order valence-electron chi connectivity index (χ4n) is 3.23. The van der Waals surface area contributed by atoms with Crippen LogP contribution in [0, 0.1) is 29.1 Å². The van der Waals surface area contributed by atoms with E-state index in [2.05, 4.69) is 11.4 Å². The molecule has 2 fully saturated rings. The number of rotatable bonds is 2. The van der Waals surface area contributed by atoms with Crippen molar-refractivity contribution in [2.45, 2.75) is 25.7 Å². The van der Waals surface area contributed by atoms with Crippen LogP contribution in [0.25, 0.3) is 0 Å². The molecule has 1 amide bonds. The van der Waals surface area contributed by atoms with Gasteiger partial charge in [-0.15, -0.1) is 0 Å². The van der Waals surface area contributed by atoms with Gasteiger partial charge < -0.3 is 5.32 Å². The first-order valence-electron chi connectivity index (χ1n) is 6.60. The van der Waals surface area contributed by atoms with Crippen LogP contribution < -0.4 is 5.32 Å². The van der Waals surface area contributed by atoms with Gasteiger partial charge in [0.25, 0.3) is 0 Å². The first kappa shape index (κ1) is 11.3. The van der Waals surface area contributed by atoms with Crippen LogP contribution in [0.5, 0.6) is 0 Å². The maximum Gasteiger partial charge on any atom is 0.228 e. The summed E-state index contributed by atoms with van der Waals surface area (Å²) in [6.45, 7) is 0. The van der Waals surface area contributed by atoms with Gasteiger partial charge in [0.2, 0.25) is 5.91 Å². The maximum absolute atomic E-state index is 12.1. The van der Waals surface area contributed by atoms with Crippen molar-refractivity contribution in [3.63, 3.8) is 0 Å². The Kier molecular flexibility index (Phi) is 2.79. The molecule has 92 valence electrons. The average molecular weight is 240 g/mol. The van der Waals surface area contributed by atoms with Gasteiger partial charge in [-0.2, -0.15) is 5.26 Å². The molecule has 0 bridgehead atoms. The van der Waals surface area contributed by atoms with Crippen molar-refractivity contribution in [2.75, 3.05) is 5.32 Å². The van der Waals surface area contributed by atoms with Gasteiger partial charge in [-0.3, -0.25) is 4.79 Å². The van der Waals surface area contributed by atoms with E-state index < -0.39 is 0 Å². The monoisotopic (exact) mass is 240 g/mol. The Balaban J connectivity index is 1.62. The van der Waals surface area contributed by atoms with Crippen molar-refractivity contribution in [1.82, 2.24) is 0 Å². The fourth-order valence-corrected chi connectivity index (χ4v) is 3.23. The molecule has 0 radical (unpaired) electrons. The third-order valence-electron chi connectivity index (χ3n) is 4.24. The molecule has 3 heteroatoms. The summed E-state index contributed by atoms with van der Waals surface area (Å²) in [5, 5.41) is 11.7. The van der Waals surface area contributed by atoms with Gasteiger partial charge in [-0.25, -0.2) is 0 Å². The summed E-state index contributed by atoms with van der Waals surface area (Å²) in [6, 6.07) is 9.12. The number of amides is 1. The van der Waals surface area contributed by atoms with E-state index >= 15 is 0 Å². The van der Waals surface area contributed by atoms with E-state index in [4.69, 9.17) is 5.26 Å². The predicted octanol–water partition coefficient (Wildman–Crippen LogP) is 2.93. The van der Waals surface area contributed by atoms with E-state index in [-0.39, 0.29) is 11.8 Å². The Morgan fingerprint density at radius 2 is 1.78 bits per heavy atom. The largest absolute Gasteiger partial charge is 0.326 e. The van der Waals surface area contributed by atoms with Crippen molar-refractivity contribution in [3.05, 3.63) is 29.8 Å². The van der Waals surface area contributed by atoms with Gasteiger partial charge in [0.15, 0.2) is 0 Å². The third-order valence-corrected chi connectivity index (χ3v) is 4.24. The standard InChI is InChI=1S/C15H16N2O/c16-9-10-5-7-11(8-6-10)17-15(18)14-12-3-1-2-4-13(12)14/h5-8,12-14H,1-4H2,(H,17,18). The van der Waals surface area contributed by atoms with Gasteiger partial charge in [0.1, 0.15) is 0 Å². The zero-order valence-electron chi connectivity index (χ0n) is 10.2. The summed E-state index contributed by atoms with van der Waals surface area (Å²) in [4.78, 5) is 12.1. The van der Waals surface area contributed by atoms with Crippen LogP contribution >= 0.6 is 0 Å². The molecule has 0 spiro atoms. The van der Waals surface area contributed by atoms with E-state index in [1.807, 2.05) is 0 Å². The SMILES string of the molecule is N#Cc1ccc(NC(=O)C2C3CCCCC32)cc1. The lowest BCUT2D eigenvalue weighted by Gasteiger charge is -2.04. The molecular formula is C15H16N2O. The van der Waals surface area contributed by atoms with Crippen LogP contribution in [0.15, 0.2) is 24.3 Å². The number of fused-ring (bicyclic) bond motifs is 1. The number of carbonyl (C=O) groups excluding carboxylic acids is 1. The van der Waals surface area contributed by atoms with Crippen LogP contribution in [-0.4, -0.2) is 5.91 Å². The second-order valence-electron chi connectivity index (χ2n) is 5.32. The Morgan fingerprint density at radius 3 is 2.33 bits per heavy atom. The lowest BCUT2D eigenvalue weighted by Crippen LogP contribution is -2.15. The Morgan fingerprint density at radius 1 is 1.17 bits per heavy atom. The molecule has 3 rings (SSSR count). The third kappa shape index (κ3) is 1.99. The summed E-state index contributed by atoms with van der Waals surface area (Å²) in [5.41, 5.74) is 1.41. The topological polar surface area (TPSA) is 52.9 Å². The van der Waals surface area contributed by atoms with E-state index in [9.17, 15) is 4.79 Å². The summed E-state index contributed by atoms with van der Waals surface area (Å²) in [5.74, 6) is 1.68. The fraction of sp³-hybridized carbons (Fsp3) is 0.467. The van der Waals surface area contributed by atoms with Crippen molar-refractivity contribution in [1.29, 1.82) is 5.26 Å². The summed E-state index contributed by atoms with van der Waals surface area (Å²) in [7, 11) is 0. The zero-order chi connectivity index (χ0) is 12.5. The molecule has 0 aliphatic heterocycles. The van der Waals surface area contributed by atoms with Gasteiger partial charge in [-0.05, 0) is 48.9 Å². The number of nitrogens with zero attached hydrogens (tertiary/aromatic N) is 1. The molecule has 2 aliphatic carbocycles. The number of nitriles is 1. The number of anilines is 1. The van der Waals surface area contributed by atoms with E-state index in [1.165, 1.54) is 25.7 Å². The number of carbonyl (C=O) groups is 1.